The van der Waals surface area contributed by atoms with Gasteiger partial charge in [-0.3, -0.25) is 14.4 Å². The van der Waals surface area contributed by atoms with Gasteiger partial charge < -0.3 is 69.8 Å². The highest BCUT2D eigenvalue weighted by molar-refractivity contribution is 9.09. The number of carboxylic acids is 3. The van der Waals surface area contributed by atoms with Crippen LogP contribution in [-0.2, 0) is 47.6 Å². The zero-order valence-corrected chi connectivity index (χ0v) is 65.4. The molecule has 560 valence electrons. The number of hydrogen-bond acceptors (Lipinski definition) is 18. The first-order valence-corrected chi connectivity index (χ1v) is 37.4. The summed E-state index contributed by atoms with van der Waals surface area (Å²) in [5, 5.41) is 47.0. The molecule has 0 bridgehead atoms. The number of terminal acetylenes is 8. The van der Waals surface area contributed by atoms with Gasteiger partial charge in [-0.2, -0.15) is 72.8 Å². The topological polar surface area (TPSA) is 267 Å². The summed E-state index contributed by atoms with van der Waals surface area (Å²) in [6.45, 7) is 26.8. The van der Waals surface area contributed by atoms with Gasteiger partial charge in [0.05, 0.1) is 56.9 Å². The summed E-state index contributed by atoms with van der Waals surface area (Å²) in [6, 6.07) is 0. The first kappa shape index (κ1) is 112. The van der Waals surface area contributed by atoms with Crippen LogP contribution in [0.5, 0.6) is 0 Å². The van der Waals surface area contributed by atoms with E-state index >= 15 is 0 Å². The highest BCUT2D eigenvalue weighted by Gasteiger charge is 2.29. The van der Waals surface area contributed by atoms with Crippen molar-refractivity contribution in [2.75, 3.05) is 138 Å². The van der Waals surface area contributed by atoms with Crippen molar-refractivity contribution in [2.45, 2.75) is 175 Å². The van der Waals surface area contributed by atoms with Gasteiger partial charge >= 0.3 is 18.1 Å². The van der Waals surface area contributed by atoms with Gasteiger partial charge in [-0.1, -0.05) is 120 Å². The van der Waals surface area contributed by atoms with Crippen molar-refractivity contribution < 1.29 is 92.0 Å². The molecule has 0 rings (SSSR count). The monoisotopic (exact) mass is 1530 g/mol. The van der Waals surface area contributed by atoms with Crippen molar-refractivity contribution in [3.8, 4) is 98.8 Å². The molecule has 0 aromatic rings. The van der Waals surface area contributed by atoms with Crippen LogP contribution in [0.1, 0.15) is 147 Å². The molecule has 26 heteroatoms. The summed E-state index contributed by atoms with van der Waals surface area (Å²) < 4.78 is 63.1. The van der Waals surface area contributed by atoms with E-state index in [1.165, 1.54) is 37.2 Å². The largest absolute Gasteiger partial charge is 0.542 e. The van der Waals surface area contributed by atoms with Crippen molar-refractivity contribution in [3.05, 3.63) is 0 Å². The predicted molar refractivity (Wildman–Crippen MR) is 405 cm³/mol. The number of carboxylic acid groups (broad SMARTS) is 3. The van der Waals surface area contributed by atoms with Gasteiger partial charge in [0, 0.05) is 52.1 Å². The summed E-state index contributed by atoms with van der Waals surface area (Å²) in [7, 11) is 0. The van der Waals surface area contributed by atoms with Crippen molar-refractivity contribution in [2.24, 2.45) is 10.8 Å². The number of halogens is 4. The molecular weight excluding hydrogens is 1420 g/mol. The Morgan fingerprint density at radius 2 is 0.845 bits per heavy atom. The fourth-order valence-corrected chi connectivity index (χ4v) is 10.1. The van der Waals surface area contributed by atoms with E-state index in [-0.39, 0.29) is 68.3 Å². The summed E-state index contributed by atoms with van der Waals surface area (Å²) in [4.78, 5) is 41.5. The molecule has 0 radical (unpaired) electrons. The molecule has 0 aliphatic heterocycles. The van der Waals surface area contributed by atoms with E-state index in [2.05, 4.69) is 122 Å². The number of ether oxygens (including phenoxy) is 6. The van der Waals surface area contributed by atoms with Crippen LogP contribution in [0.4, 0.5) is 13.2 Å². The summed E-state index contributed by atoms with van der Waals surface area (Å²) >= 11 is 14.8. The molecule has 17 nitrogen and oxygen atoms in total. The van der Waals surface area contributed by atoms with Gasteiger partial charge in [0.1, 0.15) is 64.4 Å². The first-order valence-electron chi connectivity index (χ1n) is 31.2. The highest BCUT2D eigenvalue weighted by Crippen LogP contribution is 2.24. The first-order chi connectivity index (χ1) is 45.6. The summed E-state index contributed by atoms with van der Waals surface area (Å²) in [5.41, 5.74) is 2.66. The molecule has 1 amide bonds. The van der Waals surface area contributed by atoms with Gasteiger partial charge in [0.2, 0.25) is 5.91 Å². The Labute approximate surface area is 615 Å². The normalized spacial score (nSPS) is 10.9. The molecule has 0 fully saturated rings. The fraction of sp³-hybridized carbons (Fsp3) is 0.718. The lowest BCUT2D eigenvalue weighted by molar-refractivity contribution is -0.485. The van der Waals surface area contributed by atoms with Crippen LogP contribution in [0.3, 0.4) is 0 Å². The number of quaternary nitrogens is 1. The highest BCUT2D eigenvalue weighted by atomic mass is 79.9. The van der Waals surface area contributed by atoms with Crippen LogP contribution in [-0.4, -0.2) is 210 Å². The standard InChI is InChI=1S/C21H35NO3S2.C11H22O2S2.C11H16O2.C10H15NO2.C5H12O2.C5H6O2.C3H3Br.C3H8S.C2HF3O2/c1-6-12-24-17-21(5,18-25-13-7-2)22-20(23)11-10-19(27-15-9-4)16-26-14-8-3;1-3-7-14-9-10(15-8-4-2)5-6-11(12)13;1-5-7-12-9-11(3,4)10-13-8-6-2;1-4-6-12-8-10(3,11)9-13-7-5-2;1-5(2,3-6)4-7;1-2-3-4-5(6)7;2*1-2-3-4;3-2(4,5)1(6)7/h1-2,19H,8-18H2,3-5H3,(H,22,23);10H,3-9H2,1-2H3,(H,12,13);1-2H,7-10H2,3-4H3;1-2H,6-9,11H2,3H3;6-7H,3-4H2,1-2H3;1H,3-4H2,(H,6,7);1H,3H2;4H,2-3H2,1H3;(H,6,7). The molecule has 8 N–H and O–H groups in total. The minimum atomic E-state index is -5.19. The van der Waals surface area contributed by atoms with E-state index in [4.69, 9.17) is 110 Å². The zero-order valence-electron chi connectivity index (χ0n) is 59.7. The third-order valence-corrected chi connectivity index (χ3v) is 16.8. The smallest absolute Gasteiger partial charge is 0.430 e. The second-order valence-corrected chi connectivity index (χ2v) is 28.4. The Balaban J connectivity index is -0.000000137. The number of aliphatic carboxylic acids is 3. The number of carbonyl (C=O) groups is 4. The van der Waals surface area contributed by atoms with Crippen LogP contribution in [0.25, 0.3) is 0 Å². The third kappa shape index (κ3) is 108. The van der Waals surface area contributed by atoms with Crippen molar-refractivity contribution in [3.63, 3.8) is 0 Å². The minimum Gasteiger partial charge on any atom is -0.542 e. The Kier molecular flexibility index (Phi) is 95.1. The third-order valence-electron chi connectivity index (χ3n) is 9.95. The summed E-state index contributed by atoms with van der Waals surface area (Å²) in [5.74, 6) is 22.4. The summed E-state index contributed by atoms with van der Waals surface area (Å²) in [6.07, 6.45) is 43.7. The number of thiol groups is 1. The van der Waals surface area contributed by atoms with E-state index in [1.54, 1.807) is 13.8 Å². The van der Waals surface area contributed by atoms with Crippen molar-refractivity contribution in [1.82, 2.24) is 5.32 Å². The lowest BCUT2D eigenvalue weighted by Gasteiger charge is -2.30. The Bertz CT molecular complexity index is 2090. The fourth-order valence-electron chi connectivity index (χ4n) is 5.27. The Hall–Kier alpha value is -3.98. The molecule has 0 saturated carbocycles. The lowest BCUT2D eigenvalue weighted by atomic mass is 9.96. The van der Waals surface area contributed by atoms with Gasteiger partial charge in [-0.15, -0.1) is 57.3 Å². The van der Waals surface area contributed by atoms with Crippen LogP contribution >= 0.6 is 75.6 Å². The second-order valence-electron chi connectivity index (χ2n) is 22.3. The van der Waals surface area contributed by atoms with Crippen LogP contribution < -0.4 is 16.2 Å². The number of carbonyl (C=O) groups excluding carboxylic acids is 2. The molecule has 0 aliphatic rings. The molecule has 0 aliphatic carbocycles. The molecule has 0 heterocycles. The van der Waals surface area contributed by atoms with Crippen LogP contribution in [0, 0.1) is 110 Å². The maximum Gasteiger partial charge on any atom is 0.430 e. The van der Waals surface area contributed by atoms with E-state index in [1.807, 2.05) is 74.7 Å². The number of amides is 1. The lowest BCUT2D eigenvalue weighted by Crippen LogP contribution is -2.75. The van der Waals surface area contributed by atoms with Gasteiger partial charge in [-0.25, -0.2) is 0 Å². The molecular formula is C71H118BrF3N2O15S5. The van der Waals surface area contributed by atoms with Crippen molar-refractivity contribution in [1.29, 1.82) is 0 Å². The molecule has 0 saturated heterocycles. The van der Waals surface area contributed by atoms with Gasteiger partial charge in [-0.05, 0) is 87.6 Å². The quantitative estimate of drug-likeness (QED) is 0.0129. The van der Waals surface area contributed by atoms with Gasteiger partial charge in [0.15, 0.2) is 0 Å². The Morgan fingerprint density at radius 1 is 0.536 bits per heavy atom. The number of alkyl halides is 4. The molecule has 2 atom stereocenters. The molecule has 97 heavy (non-hydrogen) atoms. The SMILES string of the molecule is C#CCBr.C#CCCC(=O)O.C#CCOCC(C)(C)COCC#C.C#CCOCC(C)(COCC#C)NC(=O)CCC(CSCCC)SCCC.C#CCOCC(C)([NH3+])COCC#C.CC(C)(CO)CO.CCCS.CCCSCC(CCC(=O)O)SCCC.O=C([O-])C(F)(F)F. The van der Waals surface area contributed by atoms with Crippen LogP contribution in [0.2, 0.25) is 0 Å². The molecule has 2 unspecified atom stereocenters. The number of hydrogen-bond donors (Lipinski definition) is 7. The van der Waals surface area contributed by atoms with E-state index in [0.717, 1.165) is 48.0 Å². The number of aliphatic hydroxyl groups excluding tert-OH is 2. The van der Waals surface area contributed by atoms with E-state index in [0.29, 0.717) is 87.9 Å². The predicted octanol–water partition coefficient (Wildman–Crippen LogP) is 9.82. The maximum absolute atomic E-state index is 12.5. The zero-order chi connectivity index (χ0) is 76.7. The number of rotatable bonds is 44. The van der Waals surface area contributed by atoms with E-state index in [9.17, 15) is 27.6 Å². The number of aliphatic hydroxyl groups is 2. The van der Waals surface area contributed by atoms with Crippen LogP contribution in [0.15, 0.2) is 0 Å². The Morgan fingerprint density at radius 3 is 1.08 bits per heavy atom. The molecule has 0 spiro atoms. The van der Waals surface area contributed by atoms with Crippen molar-refractivity contribution >= 4 is 99.4 Å². The molecule has 0 aromatic heterocycles. The second kappa shape index (κ2) is 82.7. The number of nitrogens with one attached hydrogen (secondary N) is 1. The maximum atomic E-state index is 12.5. The minimum absolute atomic E-state index is 0.00806. The molecule has 0 aromatic carbocycles. The average molecular weight is 1540 g/mol. The van der Waals surface area contributed by atoms with E-state index < -0.39 is 29.6 Å². The van der Waals surface area contributed by atoms with Gasteiger partial charge in [0.25, 0.3) is 0 Å². The number of thioether (sulfide) groups is 4. The average Bonchev–Trinajstić information content (AvgIpc) is 1.35.